The molecule has 0 radical (unpaired) electrons. The van der Waals surface area contributed by atoms with Crippen molar-refractivity contribution in [1.29, 1.82) is 0 Å². The minimum atomic E-state index is -0.641. The minimum absolute atomic E-state index is 0.0513. The third-order valence-electron chi connectivity index (χ3n) is 8.42. The van der Waals surface area contributed by atoms with Gasteiger partial charge < -0.3 is 26.2 Å². The van der Waals surface area contributed by atoms with Gasteiger partial charge in [0.1, 0.15) is 5.82 Å². The van der Waals surface area contributed by atoms with Crippen molar-refractivity contribution in [3.8, 4) is 0 Å². The highest BCUT2D eigenvalue weighted by Crippen LogP contribution is 2.35. The number of benzene rings is 2. The molecular formula is C31H36ClN7O2. The van der Waals surface area contributed by atoms with Crippen molar-refractivity contribution in [2.24, 2.45) is 5.73 Å². The molecule has 2 aromatic carbocycles. The third kappa shape index (κ3) is 6.63. The van der Waals surface area contributed by atoms with Gasteiger partial charge in [-0.2, -0.15) is 0 Å². The Morgan fingerprint density at radius 2 is 1.66 bits per heavy atom. The van der Waals surface area contributed by atoms with E-state index in [-0.39, 0.29) is 17.6 Å². The number of anilines is 3. The van der Waals surface area contributed by atoms with Crippen molar-refractivity contribution in [3.05, 3.63) is 76.6 Å². The van der Waals surface area contributed by atoms with Gasteiger partial charge in [-0.1, -0.05) is 23.7 Å². The maximum atomic E-state index is 12.7. The van der Waals surface area contributed by atoms with E-state index in [0.29, 0.717) is 34.7 Å². The zero-order valence-corrected chi connectivity index (χ0v) is 23.8. The normalized spacial score (nSPS) is 20.0. The number of nitrogens with two attached hydrogens (primary N) is 1. The van der Waals surface area contributed by atoms with Crippen molar-refractivity contribution in [2.75, 3.05) is 36.4 Å². The Labute approximate surface area is 245 Å². The van der Waals surface area contributed by atoms with Crippen LogP contribution in [0.3, 0.4) is 0 Å². The van der Waals surface area contributed by atoms with Crippen LogP contribution in [0.15, 0.2) is 54.7 Å². The van der Waals surface area contributed by atoms with Crippen molar-refractivity contribution in [2.45, 2.75) is 56.5 Å². The average molecular weight is 574 g/mol. The number of carbonyl (C=O) groups is 2. The van der Waals surface area contributed by atoms with Crippen LogP contribution >= 0.6 is 11.6 Å². The zero-order valence-electron chi connectivity index (χ0n) is 23.1. The van der Waals surface area contributed by atoms with Gasteiger partial charge in [0.15, 0.2) is 11.5 Å². The molecule has 1 aromatic heterocycles. The Balaban J connectivity index is 1.12. The number of amides is 2. The molecule has 0 spiro atoms. The molecule has 2 amide bonds. The second-order valence-electron chi connectivity index (χ2n) is 11.3. The molecule has 41 heavy (non-hydrogen) atoms. The number of likely N-dealkylation sites (tertiary alicyclic amines) is 1. The Kier molecular flexibility index (Phi) is 8.07. The summed E-state index contributed by atoms with van der Waals surface area (Å²) in [6.07, 6.45) is 8.43. The fourth-order valence-corrected chi connectivity index (χ4v) is 6.11. The monoisotopic (exact) mass is 573 g/mol. The van der Waals surface area contributed by atoms with Crippen LogP contribution in [-0.2, 0) is 0 Å². The van der Waals surface area contributed by atoms with Crippen LogP contribution in [0.2, 0.25) is 5.02 Å². The number of aromatic nitrogens is 2. The standard InChI is InChI=1S/C31H36ClN7O2/c32-23-7-3-22(4-8-23)31(41)36-25-2-1-15-39(19-25)27-18-34-28(29(33)40)30(37-27)35-24-9-5-20(6-10-24)21-13-16-38(17-14-21)26-11-12-26/h3-10,18,21,25-26H,1-2,11-17,19H2,(H2,33,40)(H,35,37)(H,36,41). The highest BCUT2D eigenvalue weighted by Gasteiger charge is 2.32. The maximum absolute atomic E-state index is 12.7. The summed E-state index contributed by atoms with van der Waals surface area (Å²) < 4.78 is 0. The molecule has 3 aromatic rings. The van der Waals surface area contributed by atoms with E-state index in [9.17, 15) is 9.59 Å². The summed E-state index contributed by atoms with van der Waals surface area (Å²) >= 11 is 5.96. The Hall–Kier alpha value is -3.69. The van der Waals surface area contributed by atoms with Gasteiger partial charge in [-0.25, -0.2) is 9.97 Å². The first-order chi connectivity index (χ1) is 19.9. The lowest BCUT2D eigenvalue weighted by molar-refractivity contribution is 0.0932. The predicted octanol–water partition coefficient (Wildman–Crippen LogP) is 4.71. The smallest absolute Gasteiger partial charge is 0.271 e. The molecular weight excluding hydrogens is 538 g/mol. The highest BCUT2D eigenvalue weighted by atomic mass is 35.5. The topological polar surface area (TPSA) is 116 Å². The summed E-state index contributed by atoms with van der Waals surface area (Å²) in [7, 11) is 0. The van der Waals surface area contributed by atoms with E-state index in [0.717, 1.165) is 31.1 Å². The lowest BCUT2D eigenvalue weighted by Crippen LogP contribution is -2.48. The van der Waals surface area contributed by atoms with Crippen LogP contribution in [0.25, 0.3) is 0 Å². The second-order valence-corrected chi connectivity index (χ2v) is 11.8. The number of hydrogen-bond donors (Lipinski definition) is 3. The molecule has 6 rings (SSSR count). The zero-order chi connectivity index (χ0) is 28.3. The van der Waals surface area contributed by atoms with E-state index in [1.807, 2.05) is 12.1 Å². The van der Waals surface area contributed by atoms with Gasteiger partial charge in [0.2, 0.25) is 0 Å². The molecule has 214 valence electrons. The van der Waals surface area contributed by atoms with Crippen molar-refractivity contribution >= 4 is 40.7 Å². The molecule has 4 N–H and O–H groups in total. The summed E-state index contributed by atoms with van der Waals surface area (Å²) in [5.74, 6) is 0.755. The van der Waals surface area contributed by atoms with Crippen LogP contribution < -0.4 is 21.3 Å². The summed E-state index contributed by atoms with van der Waals surface area (Å²) in [6.45, 7) is 3.72. The van der Waals surface area contributed by atoms with Gasteiger partial charge in [-0.15, -0.1) is 0 Å². The average Bonchev–Trinajstić information content (AvgIpc) is 3.84. The van der Waals surface area contributed by atoms with Crippen LogP contribution in [0.5, 0.6) is 0 Å². The molecule has 3 aliphatic rings. The Morgan fingerprint density at radius 1 is 0.927 bits per heavy atom. The molecule has 1 aliphatic carbocycles. The lowest BCUT2D eigenvalue weighted by Gasteiger charge is -2.34. The highest BCUT2D eigenvalue weighted by molar-refractivity contribution is 6.30. The number of rotatable bonds is 8. The van der Waals surface area contributed by atoms with Crippen molar-refractivity contribution < 1.29 is 9.59 Å². The summed E-state index contributed by atoms with van der Waals surface area (Å²) in [5.41, 5.74) is 8.47. The number of piperidine rings is 2. The van der Waals surface area contributed by atoms with E-state index >= 15 is 0 Å². The van der Waals surface area contributed by atoms with E-state index in [1.165, 1.54) is 44.3 Å². The van der Waals surface area contributed by atoms with Crippen LogP contribution in [-0.4, -0.2) is 64.9 Å². The fraction of sp³-hybridized carbons (Fsp3) is 0.419. The first-order valence-corrected chi connectivity index (χ1v) is 14.9. The molecule has 0 bridgehead atoms. The second kappa shape index (κ2) is 12.0. The van der Waals surface area contributed by atoms with Gasteiger partial charge in [-0.3, -0.25) is 9.59 Å². The summed E-state index contributed by atoms with van der Waals surface area (Å²) in [4.78, 5) is 38.8. The number of nitrogens with zero attached hydrogens (tertiary/aromatic N) is 4. The first kappa shape index (κ1) is 27.5. The SMILES string of the molecule is NC(=O)c1ncc(N2CCCC(NC(=O)c3ccc(Cl)cc3)C2)nc1Nc1ccc(C2CCN(C3CC3)CC2)cc1. The predicted molar refractivity (Wildman–Crippen MR) is 161 cm³/mol. The van der Waals surface area contributed by atoms with Crippen LogP contribution in [0.1, 0.15) is 70.9 Å². The molecule has 9 nitrogen and oxygen atoms in total. The summed E-state index contributed by atoms with van der Waals surface area (Å²) in [6, 6.07) is 16.0. The van der Waals surface area contributed by atoms with Crippen molar-refractivity contribution in [1.82, 2.24) is 20.2 Å². The molecule has 1 unspecified atom stereocenters. The lowest BCUT2D eigenvalue weighted by atomic mass is 9.89. The van der Waals surface area contributed by atoms with Gasteiger partial charge >= 0.3 is 0 Å². The summed E-state index contributed by atoms with van der Waals surface area (Å²) in [5, 5.41) is 6.98. The molecule has 3 fully saturated rings. The Morgan fingerprint density at radius 3 is 2.34 bits per heavy atom. The van der Waals surface area contributed by atoms with Gasteiger partial charge in [0.25, 0.3) is 11.8 Å². The maximum Gasteiger partial charge on any atom is 0.271 e. The van der Waals surface area contributed by atoms with Crippen molar-refractivity contribution in [3.63, 3.8) is 0 Å². The van der Waals surface area contributed by atoms with Gasteiger partial charge in [0, 0.05) is 41.4 Å². The van der Waals surface area contributed by atoms with E-state index in [2.05, 4.69) is 37.6 Å². The first-order valence-electron chi connectivity index (χ1n) is 14.5. The molecule has 10 heteroatoms. The molecule has 2 aliphatic heterocycles. The number of primary amides is 1. The van der Waals surface area contributed by atoms with Gasteiger partial charge in [-0.05, 0) is 99.5 Å². The number of carbonyl (C=O) groups excluding carboxylic acids is 2. The molecule has 3 heterocycles. The van der Waals surface area contributed by atoms with E-state index in [1.54, 1.807) is 30.5 Å². The molecule has 2 saturated heterocycles. The van der Waals surface area contributed by atoms with E-state index in [4.69, 9.17) is 22.3 Å². The molecule has 1 atom stereocenters. The number of hydrogen-bond acceptors (Lipinski definition) is 7. The van der Waals surface area contributed by atoms with Gasteiger partial charge in [0.05, 0.1) is 6.20 Å². The van der Waals surface area contributed by atoms with Crippen LogP contribution in [0, 0.1) is 0 Å². The Bertz CT molecular complexity index is 1390. The molecule has 1 saturated carbocycles. The number of halogens is 1. The van der Waals surface area contributed by atoms with Crippen LogP contribution in [0.4, 0.5) is 17.3 Å². The fourth-order valence-electron chi connectivity index (χ4n) is 5.99. The largest absolute Gasteiger partial charge is 0.364 e. The van der Waals surface area contributed by atoms with E-state index < -0.39 is 5.91 Å². The third-order valence-corrected chi connectivity index (χ3v) is 8.67. The quantitative estimate of drug-likeness (QED) is 0.357. The minimum Gasteiger partial charge on any atom is -0.364 e. The number of nitrogens with one attached hydrogen (secondary N) is 2.